The van der Waals surface area contributed by atoms with Crippen molar-refractivity contribution in [2.24, 2.45) is 0 Å². The predicted octanol–water partition coefficient (Wildman–Crippen LogP) is -12.1. The molecule has 17 N–H and O–H groups in total. The molecular weight excluding hydrogens is 776 g/mol. The van der Waals surface area contributed by atoms with Gasteiger partial charge in [-0.1, -0.05) is 0 Å². The SMILES string of the molecule is O=C[C@H](O)[C@@H](O)[C@H](O)[C@H](O)CO[C@@H]1O[C@H](COC2O[C@H](CO[C@@H]3O[C@H](CO[C@@H]4O[C@H](CO)[C@@H](O)[C@H](O)[C@H]4O)[C@@H](O)[C@H](O)[C@H]3O)[C@@H](O)[C@H](O)[C@H]2O)[C@@H](O)[C@H](O)[C@H]1O. The molecule has 0 amide bonds. The van der Waals surface area contributed by atoms with E-state index in [1.165, 1.54) is 0 Å². The van der Waals surface area contributed by atoms with Crippen molar-refractivity contribution in [2.75, 3.05) is 33.0 Å². The summed E-state index contributed by atoms with van der Waals surface area (Å²) in [5.74, 6) is 0. The molecule has 26 heteroatoms. The lowest BCUT2D eigenvalue weighted by molar-refractivity contribution is -0.348. The summed E-state index contributed by atoms with van der Waals surface area (Å²) >= 11 is 0. The molecule has 0 aromatic rings. The zero-order chi connectivity index (χ0) is 41.8. The van der Waals surface area contributed by atoms with Crippen LogP contribution in [0.1, 0.15) is 0 Å². The van der Waals surface area contributed by atoms with Crippen LogP contribution in [-0.2, 0) is 42.7 Å². The Bertz CT molecular complexity index is 1190. The molecule has 56 heavy (non-hydrogen) atoms. The average Bonchev–Trinajstić information content (AvgIpc) is 3.19. The molecule has 26 nitrogen and oxygen atoms in total. The monoisotopic (exact) mass is 828 g/mol. The third kappa shape index (κ3) is 10.7. The highest BCUT2D eigenvalue weighted by atomic mass is 16.8. The number of hydrogen-bond donors (Lipinski definition) is 17. The summed E-state index contributed by atoms with van der Waals surface area (Å²) in [6.45, 7) is -3.88. The standard InChI is InChI=1S/C30H52O26/c31-1-7(33)13(35)14(36)8(34)3-49-27-24(46)20(42)16(38)10(54-27)5-51-29-26(48)22(44)18(40)12(56-29)6-52-30-25(47)21(43)17(39)11(55-30)4-50-28-23(45)19(41)15(37)9(2-32)53-28/h1,7-30,32-48H,2-6H2/t7-,8+,9+,10+,11+,12+,13+,14+,15+,16+,17+,18+,19-,20-,21-,22-,23+,24+,25+,26+,27+,28+,29?,30+/m0/s1. The summed E-state index contributed by atoms with van der Waals surface area (Å²) in [7, 11) is 0. The fraction of sp³-hybridized carbons (Fsp3) is 0.967. The van der Waals surface area contributed by atoms with Crippen molar-refractivity contribution in [1.82, 2.24) is 0 Å². The Balaban J connectivity index is 1.32. The van der Waals surface area contributed by atoms with Gasteiger partial charge in [0, 0.05) is 0 Å². The van der Waals surface area contributed by atoms with E-state index in [1.807, 2.05) is 0 Å². The Morgan fingerprint density at radius 2 is 0.732 bits per heavy atom. The minimum Gasteiger partial charge on any atom is -0.394 e. The molecule has 328 valence electrons. The fourth-order valence-electron chi connectivity index (χ4n) is 6.15. The quantitative estimate of drug-likeness (QED) is 0.0605. The third-order valence-electron chi connectivity index (χ3n) is 9.79. The van der Waals surface area contributed by atoms with Crippen LogP contribution >= 0.6 is 0 Å². The van der Waals surface area contributed by atoms with E-state index >= 15 is 0 Å². The highest BCUT2D eigenvalue weighted by molar-refractivity contribution is 5.56. The molecule has 4 saturated heterocycles. The molecule has 0 radical (unpaired) electrons. The van der Waals surface area contributed by atoms with Crippen molar-refractivity contribution in [1.29, 1.82) is 0 Å². The molecule has 4 aliphatic heterocycles. The van der Waals surface area contributed by atoms with Gasteiger partial charge in [-0.25, -0.2) is 0 Å². The Labute approximate surface area is 316 Å². The highest BCUT2D eigenvalue weighted by Gasteiger charge is 2.51. The second-order valence-corrected chi connectivity index (χ2v) is 13.7. The molecule has 0 saturated carbocycles. The van der Waals surface area contributed by atoms with Crippen molar-refractivity contribution in [3.8, 4) is 0 Å². The maximum Gasteiger partial charge on any atom is 0.186 e. The van der Waals surface area contributed by atoms with E-state index in [0.29, 0.717) is 0 Å². The first-order valence-corrected chi connectivity index (χ1v) is 17.4. The van der Waals surface area contributed by atoms with Crippen LogP contribution in [-0.4, -0.2) is 273 Å². The second kappa shape index (κ2) is 20.8. The van der Waals surface area contributed by atoms with Crippen LogP contribution in [0, 0.1) is 0 Å². The van der Waals surface area contributed by atoms with Gasteiger partial charge in [0.2, 0.25) is 0 Å². The van der Waals surface area contributed by atoms with Crippen LogP contribution in [0.25, 0.3) is 0 Å². The van der Waals surface area contributed by atoms with Gasteiger partial charge >= 0.3 is 0 Å². The van der Waals surface area contributed by atoms with Gasteiger partial charge in [-0.2, -0.15) is 0 Å². The van der Waals surface area contributed by atoms with E-state index in [-0.39, 0.29) is 6.29 Å². The van der Waals surface area contributed by atoms with Crippen LogP contribution in [0.2, 0.25) is 0 Å². The van der Waals surface area contributed by atoms with E-state index in [1.54, 1.807) is 0 Å². The van der Waals surface area contributed by atoms with E-state index < -0.39 is 180 Å². The predicted molar refractivity (Wildman–Crippen MR) is 168 cm³/mol. The van der Waals surface area contributed by atoms with Crippen LogP contribution in [0.3, 0.4) is 0 Å². The molecule has 4 aliphatic rings. The third-order valence-corrected chi connectivity index (χ3v) is 9.79. The van der Waals surface area contributed by atoms with Gasteiger partial charge in [-0.3, -0.25) is 0 Å². The van der Waals surface area contributed by atoms with E-state index in [9.17, 15) is 91.6 Å². The normalized spacial score (nSPS) is 47.2. The van der Waals surface area contributed by atoms with Crippen molar-refractivity contribution in [3.63, 3.8) is 0 Å². The first kappa shape index (κ1) is 47.3. The van der Waals surface area contributed by atoms with Gasteiger partial charge < -0.3 is 130 Å². The minimum absolute atomic E-state index is 0.0979. The summed E-state index contributed by atoms with van der Waals surface area (Å²) in [6, 6.07) is 0. The summed E-state index contributed by atoms with van der Waals surface area (Å²) < 4.78 is 43.1. The molecule has 0 bridgehead atoms. The van der Waals surface area contributed by atoms with E-state index in [0.717, 1.165) is 0 Å². The number of aldehydes is 1. The van der Waals surface area contributed by atoms with Crippen molar-refractivity contribution >= 4 is 6.29 Å². The average molecular weight is 829 g/mol. The number of aliphatic hydroxyl groups excluding tert-OH is 17. The smallest absolute Gasteiger partial charge is 0.186 e. The summed E-state index contributed by atoms with van der Waals surface area (Å²) in [5.41, 5.74) is 0. The van der Waals surface area contributed by atoms with Crippen LogP contribution in [0.5, 0.6) is 0 Å². The van der Waals surface area contributed by atoms with Gasteiger partial charge in [0.25, 0.3) is 0 Å². The van der Waals surface area contributed by atoms with E-state index in [4.69, 9.17) is 37.9 Å². The number of rotatable bonds is 17. The Hall–Kier alpha value is -1.33. The maximum absolute atomic E-state index is 10.6. The molecule has 4 rings (SSSR count). The number of hydrogen-bond acceptors (Lipinski definition) is 26. The van der Waals surface area contributed by atoms with Crippen molar-refractivity contribution < 1.29 is 130 Å². The first-order valence-electron chi connectivity index (χ1n) is 17.4. The maximum atomic E-state index is 10.6. The van der Waals surface area contributed by atoms with Crippen LogP contribution < -0.4 is 0 Å². The molecule has 4 heterocycles. The second-order valence-electron chi connectivity index (χ2n) is 13.7. The lowest BCUT2D eigenvalue weighted by Gasteiger charge is -2.44. The fourth-order valence-corrected chi connectivity index (χ4v) is 6.15. The van der Waals surface area contributed by atoms with E-state index in [2.05, 4.69) is 0 Å². The zero-order valence-corrected chi connectivity index (χ0v) is 29.2. The Morgan fingerprint density at radius 3 is 1.05 bits per heavy atom. The van der Waals surface area contributed by atoms with Crippen LogP contribution in [0.4, 0.5) is 0 Å². The van der Waals surface area contributed by atoms with Gasteiger partial charge in [-0.05, 0) is 0 Å². The zero-order valence-electron chi connectivity index (χ0n) is 29.2. The molecule has 0 aromatic heterocycles. The molecule has 0 aliphatic carbocycles. The molecule has 0 spiro atoms. The minimum atomic E-state index is -2.12. The lowest BCUT2D eigenvalue weighted by atomic mass is 9.98. The molecular formula is C30H52O26. The van der Waals surface area contributed by atoms with Gasteiger partial charge in [0.15, 0.2) is 31.4 Å². The number of carbonyl (C=O) groups excluding carboxylic acids is 1. The topological polar surface area (TPSA) is 435 Å². The van der Waals surface area contributed by atoms with Crippen molar-refractivity contribution in [2.45, 2.75) is 147 Å². The highest BCUT2D eigenvalue weighted by Crippen LogP contribution is 2.29. The lowest BCUT2D eigenvalue weighted by Crippen LogP contribution is -2.63. The summed E-state index contributed by atoms with van der Waals surface area (Å²) in [5, 5.41) is 173. The largest absolute Gasteiger partial charge is 0.394 e. The summed E-state index contributed by atoms with van der Waals surface area (Å²) in [4.78, 5) is 10.6. The Morgan fingerprint density at radius 1 is 0.429 bits per heavy atom. The van der Waals surface area contributed by atoms with Gasteiger partial charge in [0.1, 0.15) is 122 Å². The van der Waals surface area contributed by atoms with Gasteiger partial charge in [-0.15, -0.1) is 0 Å². The molecule has 4 fully saturated rings. The molecule has 1 unspecified atom stereocenters. The molecule has 0 aromatic carbocycles. The number of carbonyl (C=O) groups is 1. The number of ether oxygens (including phenoxy) is 8. The number of aliphatic hydroxyl groups is 17. The Kier molecular flexibility index (Phi) is 17.6. The first-order chi connectivity index (χ1) is 26.3. The van der Waals surface area contributed by atoms with Crippen LogP contribution in [0.15, 0.2) is 0 Å². The molecule has 24 atom stereocenters. The summed E-state index contributed by atoms with van der Waals surface area (Å²) in [6.07, 6.45) is -44.1. The van der Waals surface area contributed by atoms with Gasteiger partial charge in [0.05, 0.1) is 33.0 Å². The van der Waals surface area contributed by atoms with Crippen molar-refractivity contribution in [3.05, 3.63) is 0 Å².